The highest BCUT2D eigenvalue weighted by molar-refractivity contribution is 5.67. The molecule has 1 aliphatic rings. The predicted octanol–water partition coefficient (Wildman–Crippen LogP) is 1.62. The van der Waals surface area contributed by atoms with Crippen molar-refractivity contribution in [3.8, 4) is 0 Å². The van der Waals surface area contributed by atoms with E-state index in [2.05, 4.69) is 6.92 Å². The summed E-state index contributed by atoms with van der Waals surface area (Å²) < 4.78 is 0. The van der Waals surface area contributed by atoms with Crippen LogP contribution in [0.2, 0.25) is 0 Å². The van der Waals surface area contributed by atoms with E-state index in [1.807, 2.05) is 0 Å². The number of hydrogen-bond donors (Lipinski definition) is 2. The second-order valence-corrected chi connectivity index (χ2v) is 4.29. The van der Waals surface area contributed by atoms with Gasteiger partial charge in [0.15, 0.2) is 0 Å². The van der Waals surface area contributed by atoms with E-state index < -0.39 is 5.97 Å². The fourth-order valence-corrected chi connectivity index (χ4v) is 2.41. The van der Waals surface area contributed by atoms with Crippen molar-refractivity contribution in [3.63, 3.8) is 0 Å². The first kappa shape index (κ1) is 10.5. The molecular weight excluding hydrogens is 166 g/mol. The van der Waals surface area contributed by atoms with Crippen LogP contribution in [0.5, 0.6) is 0 Å². The SMILES string of the molecule is CC[C@H]1CCC(CN)(CC(=O)O)C1. The summed E-state index contributed by atoms with van der Waals surface area (Å²) in [6.45, 7) is 2.69. The molecule has 76 valence electrons. The van der Waals surface area contributed by atoms with Crippen LogP contribution in [0.1, 0.15) is 39.0 Å². The van der Waals surface area contributed by atoms with Gasteiger partial charge in [0.05, 0.1) is 6.42 Å². The smallest absolute Gasteiger partial charge is 0.303 e. The summed E-state index contributed by atoms with van der Waals surface area (Å²) in [5.74, 6) is -0.00916. The Morgan fingerprint density at radius 2 is 2.38 bits per heavy atom. The first-order valence-corrected chi connectivity index (χ1v) is 5.04. The average molecular weight is 185 g/mol. The number of carboxylic acids is 1. The largest absolute Gasteiger partial charge is 0.481 e. The Bertz CT molecular complexity index is 193. The average Bonchev–Trinajstić information content (AvgIpc) is 2.48. The fourth-order valence-electron chi connectivity index (χ4n) is 2.41. The van der Waals surface area contributed by atoms with Crippen LogP contribution in [-0.4, -0.2) is 17.6 Å². The molecule has 0 aliphatic heterocycles. The zero-order valence-electron chi connectivity index (χ0n) is 8.25. The summed E-state index contributed by atoms with van der Waals surface area (Å²) in [5.41, 5.74) is 5.58. The summed E-state index contributed by atoms with van der Waals surface area (Å²) in [6, 6.07) is 0. The van der Waals surface area contributed by atoms with Crippen LogP contribution >= 0.6 is 0 Å². The minimum Gasteiger partial charge on any atom is -0.481 e. The number of aliphatic carboxylic acids is 1. The highest BCUT2D eigenvalue weighted by Crippen LogP contribution is 2.44. The van der Waals surface area contributed by atoms with Crippen molar-refractivity contribution < 1.29 is 9.90 Å². The monoisotopic (exact) mass is 185 g/mol. The van der Waals surface area contributed by atoms with Gasteiger partial charge in [0.25, 0.3) is 0 Å². The Hall–Kier alpha value is -0.570. The van der Waals surface area contributed by atoms with Crippen molar-refractivity contribution in [2.75, 3.05) is 6.54 Å². The van der Waals surface area contributed by atoms with Crippen LogP contribution in [0, 0.1) is 11.3 Å². The lowest BCUT2D eigenvalue weighted by atomic mass is 9.82. The molecule has 3 nitrogen and oxygen atoms in total. The van der Waals surface area contributed by atoms with E-state index in [1.165, 1.54) is 0 Å². The van der Waals surface area contributed by atoms with Crippen LogP contribution in [0.25, 0.3) is 0 Å². The van der Waals surface area contributed by atoms with Gasteiger partial charge in [-0.15, -0.1) is 0 Å². The van der Waals surface area contributed by atoms with Crippen molar-refractivity contribution in [1.82, 2.24) is 0 Å². The summed E-state index contributed by atoms with van der Waals surface area (Å²) in [6.07, 6.45) is 4.56. The van der Waals surface area contributed by atoms with Crippen LogP contribution in [0.3, 0.4) is 0 Å². The molecule has 0 radical (unpaired) electrons. The van der Waals surface area contributed by atoms with Gasteiger partial charge in [-0.2, -0.15) is 0 Å². The van der Waals surface area contributed by atoms with Gasteiger partial charge in [-0.1, -0.05) is 13.3 Å². The number of carbonyl (C=O) groups is 1. The molecule has 13 heavy (non-hydrogen) atoms. The molecule has 1 aliphatic carbocycles. The molecule has 0 spiro atoms. The zero-order chi connectivity index (χ0) is 9.90. The van der Waals surface area contributed by atoms with E-state index in [0.29, 0.717) is 12.5 Å². The quantitative estimate of drug-likeness (QED) is 0.699. The number of hydrogen-bond acceptors (Lipinski definition) is 2. The van der Waals surface area contributed by atoms with Crippen LogP contribution in [0.4, 0.5) is 0 Å². The third-order valence-electron chi connectivity index (χ3n) is 3.34. The standard InChI is InChI=1S/C10H19NO2/c1-2-8-3-4-10(5-8,7-11)6-9(12)13/h8H,2-7,11H2,1H3,(H,12,13)/t8-,10?/m0/s1. The number of carboxylic acid groups (broad SMARTS) is 1. The third-order valence-corrected chi connectivity index (χ3v) is 3.34. The van der Waals surface area contributed by atoms with Gasteiger partial charge in [-0.3, -0.25) is 4.79 Å². The van der Waals surface area contributed by atoms with E-state index in [9.17, 15) is 4.79 Å². The van der Waals surface area contributed by atoms with Gasteiger partial charge < -0.3 is 10.8 Å². The van der Waals surface area contributed by atoms with Crippen LogP contribution < -0.4 is 5.73 Å². The first-order valence-electron chi connectivity index (χ1n) is 5.04. The Morgan fingerprint density at radius 3 is 2.77 bits per heavy atom. The molecule has 0 amide bonds. The van der Waals surface area contributed by atoms with E-state index in [4.69, 9.17) is 10.8 Å². The second-order valence-electron chi connectivity index (χ2n) is 4.29. The molecule has 0 aromatic carbocycles. The Balaban J connectivity index is 2.57. The van der Waals surface area contributed by atoms with Crippen LogP contribution in [-0.2, 0) is 4.79 Å². The van der Waals surface area contributed by atoms with Gasteiger partial charge >= 0.3 is 5.97 Å². The van der Waals surface area contributed by atoms with Gasteiger partial charge in [0.1, 0.15) is 0 Å². The number of rotatable bonds is 4. The molecule has 1 saturated carbocycles. The minimum absolute atomic E-state index is 0.0908. The molecule has 2 atom stereocenters. The lowest BCUT2D eigenvalue weighted by molar-refractivity contribution is -0.139. The molecule has 0 bridgehead atoms. The Kier molecular flexibility index (Phi) is 3.31. The van der Waals surface area contributed by atoms with Crippen molar-refractivity contribution in [2.24, 2.45) is 17.1 Å². The lowest BCUT2D eigenvalue weighted by Crippen LogP contribution is -2.30. The molecule has 0 aromatic rings. The van der Waals surface area contributed by atoms with Gasteiger partial charge in [0.2, 0.25) is 0 Å². The zero-order valence-corrected chi connectivity index (χ0v) is 8.25. The molecule has 0 saturated heterocycles. The van der Waals surface area contributed by atoms with E-state index in [-0.39, 0.29) is 11.8 Å². The fraction of sp³-hybridized carbons (Fsp3) is 0.900. The topological polar surface area (TPSA) is 63.3 Å². The first-order chi connectivity index (χ1) is 6.12. The maximum atomic E-state index is 10.7. The van der Waals surface area contributed by atoms with E-state index in [0.717, 1.165) is 25.7 Å². The van der Waals surface area contributed by atoms with Gasteiger partial charge in [-0.05, 0) is 37.1 Å². The molecule has 0 heterocycles. The van der Waals surface area contributed by atoms with E-state index >= 15 is 0 Å². The molecule has 3 heteroatoms. The van der Waals surface area contributed by atoms with Crippen molar-refractivity contribution in [1.29, 1.82) is 0 Å². The van der Waals surface area contributed by atoms with E-state index in [1.54, 1.807) is 0 Å². The molecule has 1 unspecified atom stereocenters. The molecule has 1 rings (SSSR count). The highest BCUT2D eigenvalue weighted by atomic mass is 16.4. The lowest BCUT2D eigenvalue weighted by Gasteiger charge is -2.25. The molecule has 3 N–H and O–H groups in total. The highest BCUT2D eigenvalue weighted by Gasteiger charge is 2.38. The summed E-state index contributed by atoms with van der Waals surface area (Å²) >= 11 is 0. The minimum atomic E-state index is -0.706. The van der Waals surface area contributed by atoms with Gasteiger partial charge in [-0.25, -0.2) is 0 Å². The maximum Gasteiger partial charge on any atom is 0.303 e. The third kappa shape index (κ3) is 2.44. The molecule has 0 aromatic heterocycles. The Morgan fingerprint density at radius 1 is 1.69 bits per heavy atom. The van der Waals surface area contributed by atoms with Crippen molar-refractivity contribution in [3.05, 3.63) is 0 Å². The summed E-state index contributed by atoms with van der Waals surface area (Å²) in [4.78, 5) is 10.7. The van der Waals surface area contributed by atoms with Crippen LogP contribution in [0.15, 0.2) is 0 Å². The maximum absolute atomic E-state index is 10.7. The second kappa shape index (κ2) is 4.09. The molecular formula is C10H19NO2. The Labute approximate surface area is 79.3 Å². The predicted molar refractivity (Wildman–Crippen MR) is 51.4 cm³/mol. The number of nitrogens with two attached hydrogens (primary N) is 1. The van der Waals surface area contributed by atoms with Crippen molar-refractivity contribution in [2.45, 2.75) is 39.0 Å². The van der Waals surface area contributed by atoms with Crippen molar-refractivity contribution >= 4 is 5.97 Å². The summed E-state index contributed by atoms with van der Waals surface area (Å²) in [5, 5.41) is 8.77. The summed E-state index contributed by atoms with van der Waals surface area (Å²) in [7, 11) is 0. The normalized spacial score (nSPS) is 33.5. The molecule has 1 fully saturated rings. The van der Waals surface area contributed by atoms with Gasteiger partial charge in [0, 0.05) is 0 Å².